The molecule has 0 bridgehead atoms. The third kappa shape index (κ3) is 5.57. The first-order chi connectivity index (χ1) is 12.2. The molecular formula is C20H24FN3O. The number of anilines is 1. The number of carbonyl (C=O) groups excluding carboxylic acids is 1. The molecule has 3 N–H and O–H groups in total. The van der Waals surface area contributed by atoms with Crippen molar-refractivity contribution in [2.24, 2.45) is 5.92 Å². The van der Waals surface area contributed by atoms with Crippen LogP contribution < -0.4 is 16.0 Å². The zero-order valence-electron chi connectivity index (χ0n) is 14.2. The van der Waals surface area contributed by atoms with E-state index < -0.39 is 0 Å². The Morgan fingerprint density at radius 3 is 2.80 bits per heavy atom. The van der Waals surface area contributed by atoms with Gasteiger partial charge in [-0.15, -0.1) is 0 Å². The standard InChI is InChI=1S/C20H24FN3O/c21-17-7-4-8-18(13-17)24-20(25)23-14-19-12-16(9-10-22-19)11-15-5-2-1-3-6-15/h1-8,13,16,19,22H,9-12,14H2,(H2,23,24,25)/t16-,19+/m1/s1. The molecule has 3 rings (SSSR count). The summed E-state index contributed by atoms with van der Waals surface area (Å²) in [6.07, 6.45) is 3.27. The average Bonchev–Trinajstić information content (AvgIpc) is 2.61. The van der Waals surface area contributed by atoms with E-state index in [-0.39, 0.29) is 17.9 Å². The van der Waals surface area contributed by atoms with Crippen LogP contribution in [0.5, 0.6) is 0 Å². The maximum absolute atomic E-state index is 13.1. The van der Waals surface area contributed by atoms with E-state index in [4.69, 9.17) is 0 Å². The van der Waals surface area contributed by atoms with Crippen LogP contribution in [0.25, 0.3) is 0 Å². The van der Waals surface area contributed by atoms with Gasteiger partial charge >= 0.3 is 6.03 Å². The Hall–Kier alpha value is -2.40. The van der Waals surface area contributed by atoms with Crippen LogP contribution in [-0.2, 0) is 6.42 Å². The van der Waals surface area contributed by atoms with Gasteiger partial charge in [-0.05, 0) is 55.5 Å². The van der Waals surface area contributed by atoms with Gasteiger partial charge in [0.25, 0.3) is 0 Å². The molecule has 2 aromatic carbocycles. The monoisotopic (exact) mass is 341 g/mol. The van der Waals surface area contributed by atoms with Crippen LogP contribution in [0, 0.1) is 11.7 Å². The first kappa shape index (κ1) is 17.4. The zero-order chi connectivity index (χ0) is 17.5. The molecule has 1 fully saturated rings. The number of nitrogens with one attached hydrogen (secondary N) is 3. The number of hydrogen-bond donors (Lipinski definition) is 3. The maximum Gasteiger partial charge on any atom is 0.319 e. The zero-order valence-corrected chi connectivity index (χ0v) is 14.2. The topological polar surface area (TPSA) is 53.2 Å². The van der Waals surface area contributed by atoms with E-state index >= 15 is 0 Å². The second kappa shape index (κ2) is 8.62. The van der Waals surface area contributed by atoms with E-state index in [1.165, 1.54) is 17.7 Å². The summed E-state index contributed by atoms with van der Waals surface area (Å²) < 4.78 is 13.1. The summed E-state index contributed by atoms with van der Waals surface area (Å²) in [5.74, 6) is 0.261. The van der Waals surface area contributed by atoms with Crippen molar-refractivity contribution in [2.75, 3.05) is 18.4 Å². The van der Waals surface area contributed by atoms with Gasteiger partial charge in [-0.3, -0.25) is 0 Å². The fourth-order valence-electron chi connectivity index (χ4n) is 3.34. The molecule has 25 heavy (non-hydrogen) atoms. The SMILES string of the molecule is O=C(NC[C@@H]1C[C@@H](Cc2ccccc2)CCN1)Nc1cccc(F)c1. The Kier molecular flexibility index (Phi) is 6.01. The minimum absolute atomic E-state index is 0.265. The van der Waals surface area contributed by atoms with Gasteiger partial charge in [-0.25, -0.2) is 9.18 Å². The Morgan fingerprint density at radius 2 is 2.00 bits per heavy atom. The third-order valence-corrected chi connectivity index (χ3v) is 4.56. The van der Waals surface area contributed by atoms with Crippen LogP contribution in [0.4, 0.5) is 14.9 Å². The lowest BCUT2D eigenvalue weighted by atomic mass is 9.87. The fourth-order valence-corrected chi connectivity index (χ4v) is 3.34. The van der Waals surface area contributed by atoms with Crippen molar-refractivity contribution >= 4 is 11.7 Å². The van der Waals surface area contributed by atoms with Crippen LogP contribution in [0.2, 0.25) is 0 Å². The molecule has 0 spiro atoms. The van der Waals surface area contributed by atoms with Crippen molar-refractivity contribution in [3.8, 4) is 0 Å². The van der Waals surface area contributed by atoms with Gasteiger partial charge in [0.05, 0.1) is 0 Å². The second-order valence-electron chi connectivity index (χ2n) is 6.58. The van der Waals surface area contributed by atoms with Gasteiger partial charge in [0.1, 0.15) is 5.82 Å². The maximum atomic E-state index is 13.1. The second-order valence-corrected chi connectivity index (χ2v) is 6.58. The van der Waals surface area contributed by atoms with E-state index in [1.807, 2.05) is 6.07 Å². The molecule has 132 valence electrons. The van der Waals surface area contributed by atoms with Crippen molar-refractivity contribution in [1.82, 2.24) is 10.6 Å². The van der Waals surface area contributed by atoms with Crippen LogP contribution in [0.15, 0.2) is 54.6 Å². The van der Waals surface area contributed by atoms with Gasteiger partial charge < -0.3 is 16.0 Å². The highest BCUT2D eigenvalue weighted by Crippen LogP contribution is 2.21. The molecule has 5 heteroatoms. The highest BCUT2D eigenvalue weighted by Gasteiger charge is 2.22. The number of carbonyl (C=O) groups is 1. The summed E-state index contributed by atoms with van der Waals surface area (Å²) in [4.78, 5) is 12.0. The van der Waals surface area contributed by atoms with E-state index in [0.29, 0.717) is 18.2 Å². The lowest BCUT2D eigenvalue weighted by Crippen LogP contribution is -2.47. The quantitative estimate of drug-likeness (QED) is 0.779. The van der Waals surface area contributed by atoms with Crippen molar-refractivity contribution in [2.45, 2.75) is 25.3 Å². The van der Waals surface area contributed by atoms with Crippen LogP contribution in [0.1, 0.15) is 18.4 Å². The molecule has 0 unspecified atom stereocenters. The van der Waals surface area contributed by atoms with Gasteiger partial charge in [-0.1, -0.05) is 36.4 Å². The number of benzene rings is 2. The van der Waals surface area contributed by atoms with Gasteiger partial charge in [-0.2, -0.15) is 0 Å². The van der Waals surface area contributed by atoms with Crippen LogP contribution in [0.3, 0.4) is 0 Å². The fraction of sp³-hybridized carbons (Fsp3) is 0.350. The molecule has 0 radical (unpaired) electrons. The summed E-state index contributed by atoms with van der Waals surface area (Å²) in [7, 11) is 0. The lowest BCUT2D eigenvalue weighted by Gasteiger charge is -2.30. The summed E-state index contributed by atoms with van der Waals surface area (Å²) in [6.45, 7) is 1.53. The Bertz CT molecular complexity index is 692. The number of amides is 2. The Balaban J connectivity index is 1.44. The van der Waals surface area contributed by atoms with Crippen molar-refractivity contribution < 1.29 is 9.18 Å². The van der Waals surface area contributed by atoms with Gasteiger partial charge in [0.15, 0.2) is 0 Å². The van der Waals surface area contributed by atoms with Crippen LogP contribution in [-0.4, -0.2) is 25.2 Å². The van der Waals surface area contributed by atoms with Gasteiger partial charge in [0, 0.05) is 18.3 Å². The molecule has 1 saturated heterocycles. The smallest absolute Gasteiger partial charge is 0.319 e. The summed E-state index contributed by atoms with van der Waals surface area (Å²) in [6, 6.07) is 16.4. The van der Waals surface area contributed by atoms with Gasteiger partial charge in [0.2, 0.25) is 0 Å². The molecule has 2 atom stereocenters. The lowest BCUT2D eigenvalue weighted by molar-refractivity contribution is 0.246. The first-order valence-corrected chi connectivity index (χ1v) is 8.77. The predicted octanol–water partition coefficient (Wildman–Crippen LogP) is 3.56. The number of halogens is 1. The molecule has 1 aliphatic rings. The molecular weight excluding hydrogens is 317 g/mol. The third-order valence-electron chi connectivity index (χ3n) is 4.56. The number of urea groups is 1. The molecule has 4 nitrogen and oxygen atoms in total. The molecule has 0 aromatic heterocycles. The largest absolute Gasteiger partial charge is 0.336 e. The normalized spacial score (nSPS) is 20.0. The molecule has 1 aliphatic heterocycles. The summed E-state index contributed by atoms with van der Waals surface area (Å²) in [5, 5.41) is 8.99. The highest BCUT2D eigenvalue weighted by molar-refractivity contribution is 5.89. The summed E-state index contributed by atoms with van der Waals surface area (Å²) >= 11 is 0. The molecule has 0 saturated carbocycles. The van der Waals surface area contributed by atoms with Crippen molar-refractivity contribution in [3.63, 3.8) is 0 Å². The molecule has 2 amide bonds. The first-order valence-electron chi connectivity index (χ1n) is 8.77. The van der Waals surface area contributed by atoms with Crippen molar-refractivity contribution in [1.29, 1.82) is 0 Å². The average molecular weight is 341 g/mol. The Labute approximate surface area is 147 Å². The Morgan fingerprint density at radius 1 is 1.16 bits per heavy atom. The van der Waals surface area contributed by atoms with E-state index in [2.05, 4.69) is 40.2 Å². The minimum atomic E-state index is -0.365. The number of piperidine rings is 1. The minimum Gasteiger partial charge on any atom is -0.336 e. The van der Waals surface area contributed by atoms with E-state index in [0.717, 1.165) is 25.8 Å². The molecule has 2 aromatic rings. The highest BCUT2D eigenvalue weighted by atomic mass is 19.1. The summed E-state index contributed by atoms with van der Waals surface area (Å²) in [5.41, 5.74) is 1.82. The number of hydrogen-bond acceptors (Lipinski definition) is 2. The van der Waals surface area contributed by atoms with E-state index in [1.54, 1.807) is 12.1 Å². The molecule has 1 heterocycles. The van der Waals surface area contributed by atoms with Crippen LogP contribution >= 0.6 is 0 Å². The van der Waals surface area contributed by atoms with Crippen molar-refractivity contribution in [3.05, 3.63) is 66.0 Å². The number of rotatable bonds is 5. The van der Waals surface area contributed by atoms with E-state index in [9.17, 15) is 9.18 Å². The predicted molar refractivity (Wildman–Crippen MR) is 98.1 cm³/mol. The molecule has 0 aliphatic carbocycles.